The van der Waals surface area contributed by atoms with Crippen LogP contribution in [0.1, 0.15) is 0 Å². The zero-order valence-corrected chi connectivity index (χ0v) is 11.1. The number of rotatable bonds is 1. The first-order chi connectivity index (χ1) is 6.75. The second-order valence-electron chi connectivity index (χ2n) is 3.13. The molecule has 0 aliphatic carbocycles. The Hall–Kier alpha value is -0.680. The summed E-state index contributed by atoms with van der Waals surface area (Å²) < 4.78 is 2.00. The minimum atomic E-state index is 0. The van der Waals surface area contributed by atoms with Crippen molar-refractivity contribution in [3.8, 4) is 11.1 Å². The normalized spacial score (nSPS) is 9.47. The molecule has 2 nitrogen and oxygen atoms in total. The van der Waals surface area contributed by atoms with E-state index in [1.165, 1.54) is 0 Å². The summed E-state index contributed by atoms with van der Waals surface area (Å²) in [4.78, 5) is 4.04. The predicted molar refractivity (Wildman–Crippen MR) is 55.9 cm³/mol. The third-order valence-electron chi connectivity index (χ3n) is 2.00. The SMILES string of the molecule is C[n+]1cccc(-c2ccc(Cl)nc2)c1.[I-]. The van der Waals surface area contributed by atoms with Crippen molar-refractivity contribution < 1.29 is 28.5 Å². The molecule has 0 saturated heterocycles. The molecule has 0 aromatic carbocycles. The average molecular weight is 333 g/mol. The fraction of sp³-hybridized carbons (Fsp3) is 0.0909. The Balaban J connectivity index is 0.00000112. The summed E-state index contributed by atoms with van der Waals surface area (Å²) in [5, 5.41) is 0.522. The minimum absolute atomic E-state index is 0. The maximum Gasteiger partial charge on any atom is 0.176 e. The Morgan fingerprint density at radius 3 is 2.60 bits per heavy atom. The molecule has 4 heteroatoms. The van der Waals surface area contributed by atoms with E-state index in [0.717, 1.165) is 11.1 Å². The van der Waals surface area contributed by atoms with Crippen molar-refractivity contribution in [1.29, 1.82) is 0 Å². The van der Waals surface area contributed by atoms with Crippen LogP contribution in [0.4, 0.5) is 0 Å². The highest BCUT2D eigenvalue weighted by atomic mass is 127. The first-order valence-corrected chi connectivity index (χ1v) is 4.71. The van der Waals surface area contributed by atoms with Crippen LogP contribution >= 0.6 is 11.6 Å². The second kappa shape index (κ2) is 5.42. The average Bonchev–Trinajstić information content (AvgIpc) is 2.19. The molecule has 0 aliphatic rings. The molecule has 2 heterocycles. The molecule has 0 saturated carbocycles. The van der Waals surface area contributed by atoms with E-state index in [-0.39, 0.29) is 24.0 Å². The fourth-order valence-electron chi connectivity index (χ4n) is 1.31. The molecule has 0 unspecified atom stereocenters. The second-order valence-corrected chi connectivity index (χ2v) is 3.51. The van der Waals surface area contributed by atoms with Gasteiger partial charge in [0.15, 0.2) is 12.4 Å². The lowest BCUT2D eigenvalue weighted by molar-refractivity contribution is -0.671. The van der Waals surface area contributed by atoms with Crippen molar-refractivity contribution in [3.63, 3.8) is 0 Å². The van der Waals surface area contributed by atoms with Crippen LogP contribution in [-0.4, -0.2) is 4.98 Å². The maximum absolute atomic E-state index is 5.71. The van der Waals surface area contributed by atoms with Crippen LogP contribution in [-0.2, 0) is 7.05 Å². The van der Waals surface area contributed by atoms with Crippen molar-refractivity contribution in [2.45, 2.75) is 0 Å². The van der Waals surface area contributed by atoms with Gasteiger partial charge in [0.25, 0.3) is 0 Å². The molecule has 2 aromatic heterocycles. The topological polar surface area (TPSA) is 16.8 Å². The Morgan fingerprint density at radius 1 is 1.20 bits per heavy atom. The molecule has 0 bridgehead atoms. The number of aromatic nitrogens is 2. The van der Waals surface area contributed by atoms with Crippen LogP contribution in [0.15, 0.2) is 42.9 Å². The standard InChI is InChI=1S/C11H10ClN2.HI/c1-14-6-2-3-10(8-14)9-4-5-11(12)13-7-9;/h2-8H,1H3;1H/q+1;/p-1. The lowest BCUT2D eigenvalue weighted by Gasteiger charge is -1.98. The van der Waals surface area contributed by atoms with E-state index in [1.807, 2.05) is 42.2 Å². The Labute approximate surface area is 111 Å². The van der Waals surface area contributed by atoms with Gasteiger partial charge >= 0.3 is 0 Å². The molecule has 2 aromatic rings. The van der Waals surface area contributed by atoms with Gasteiger partial charge in [0.05, 0.1) is 0 Å². The van der Waals surface area contributed by atoms with Crippen LogP contribution in [0.3, 0.4) is 0 Å². The van der Waals surface area contributed by atoms with E-state index in [9.17, 15) is 0 Å². The summed E-state index contributed by atoms with van der Waals surface area (Å²) in [6.07, 6.45) is 5.81. The van der Waals surface area contributed by atoms with E-state index < -0.39 is 0 Å². The van der Waals surface area contributed by atoms with Gasteiger partial charge in [-0.3, -0.25) is 0 Å². The number of hydrogen-bond acceptors (Lipinski definition) is 1. The summed E-state index contributed by atoms with van der Waals surface area (Å²) in [7, 11) is 1.99. The van der Waals surface area contributed by atoms with Crippen LogP contribution in [0, 0.1) is 0 Å². The molecular weight excluding hydrogens is 322 g/mol. The van der Waals surface area contributed by atoms with E-state index >= 15 is 0 Å². The van der Waals surface area contributed by atoms with Crippen molar-refractivity contribution in [2.75, 3.05) is 0 Å². The van der Waals surface area contributed by atoms with Gasteiger partial charge in [-0.15, -0.1) is 0 Å². The predicted octanol–water partition coefficient (Wildman–Crippen LogP) is -0.770. The third-order valence-corrected chi connectivity index (χ3v) is 2.22. The van der Waals surface area contributed by atoms with Crippen molar-refractivity contribution in [1.82, 2.24) is 4.98 Å². The largest absolute Gasteiger partial charge is 1.00 e. The monoisotopic (exact) mass is 332 g/mol. The Morgan fingerprint density at radius 2 is 2.00 bits per heavy atom. The van der Waals surface area contributed by atoms with Gasteiger partial charge in [-0.25, -0.2) is 9.55 Å². The highest BCUT2D eigenvalue weighted by molar-refractivity contribution is 6.29. The number of nitrogens with zero attached hydrogens (tertiary/aromatic N) is 2. The molecule has 0 atom stereocenters. The summed E-state index contributed by atoms with van der Waals surface area (Å²) in [5.74, 6) is 0. The summed E-state index contributed by atoms with van der Waals surface area (Å²) in [6, 6.07) is 7.81. The van der Waals surface area contributed by atoms with Crippen molar-refractivity contribution in [3.05, 3.63) is 48.0 Å². The fourth-order valence-corrected chi connectivity index (χ4v) is 1.42. The van der Waals surface area contributed by atoms with Crippen molar-refractivity contribution >= 4 is 11.6 Å². The molecule has 78 valence electrons. The molecule has 0 spiro atoms. The minimum Gasteiger partial charge on any atom is -1.00 e. The van der Waals surface area contributed by atoms with Gasteiger partial charge in [0, 0.05) is 23.4 Å². The molecular formula is C11H10ClIN2. The van der Waals surface area contributed by atoms with Crippen LogP contribution in [0.5, 0.6) is 0 Å². The number of halogens is 2. The Bertz CT molecular complexity index is 443. The quantitative estimate of drug-likeness (QED) is 0.381. The third kappa shape index (κ3) is 3.14. The van der Waals surface area contributed by atoms with Gasteiger partial charge in [0.2, 0.25) is 0 Å². The van der Waals surface area contributed by atoms with Crippen LogP contribution < -0.4 is 28.5 Å². The van der Waals surface area contributed by atoms with E-state index in [4.69, 9.17) is 11.6 Å². The van der Waals surface area contributed by atoms with Gasteiger partial charge in [0.1, 0.15) is 12.2 Å². The van der Waals surface area contributed by atoms with Gasteiger partial charge in [-0.1, -0.05) is 11.6 Å². The highest BCUT2D eigenvalue weighted by Gasteiger charge is 2.01. The lowest BCUT2D eigenvalue weighted by Crippen LogP contribution is -3.00. The first kappa shape index (κ1) is 12.4. The lowest BCUT2D eigenvalue weighted by atomic mass is 10.1. The summed E-state index contributed by atoms with van der Waals surface area (Å²) >= 11 is 5.71. The molecule has 2 rings (SSSR count). The number of pyridine rings is 2. The zero-order valence-electron chi connectivity index (χ0n) is 8.19. The summed E-state index contributed by atoms with van der Waals surface area (Å²) in [6.45, 7) is 0. The Kier molecular flexibility index (Phi) is 4.47. The first-order valence-electron chi connectivity index (χ1n) is 4.33. The van der Waals surface area contributed by atoms with E-state index in [1.54, 1.807) is 12.3 Å². The van der Waals surface area contributed by atoms with Gasteiger partial charge < -0.3 is 24.0 Å². The summed E-state index contributed by atoms with van der Waals surface area (Å²) in [5.41, 5.74) is 2.21. The van der Waals surface area contributed by atoms with Gasteiger partial charge in [-0.2, -0.15) is 0 Å². The van der Waals surface area contributed by atoms with Crippen LogP contribution in [0.2, 0.25) is 5.15 Å². The molecule has 0 amide bonds. The van der Waals surface area contributed by atoms with E-state index in [0.29, 0.717) is 5.15 Å². The zero-order chi connectivity index (χ0) is 9.97. The highest BCUT2D eigenvalue weighted by Crippen LogP contribution is 2.17. The molecule has 0 radical (unpaired) electrons. The van der Waals surface area contributed by atoms with E-state index in [2.05, 4.69) is 4.98 Å². The molecule has 0 N–H and O–H groups in total. The smallest absolute Gasteiger partial charge is 0.176 e. The van der Waals surface area contributed by atoms with Crippen LogP contribution in [0.25, 0.3) is 11.1 Å². The molecule has 0 fully saturated rings. The maximum atomic E-state index is 5.71. The number of aryl methyl sites for hydroxylation is 1. The van der Waals surface area contributed by atoms with Crippen molar-refractivity contribution in [2.24, 2.45) is 7.05 Å². The molecule has 15 heavy (non-hydrogen) atoms. The van der Waals surface area contributed by atoms with Gasteiger partial charge in [-0.05, 0) is 18.2 Å². The molecule has 0 aliphatic heterocycles. The number of hydrogen-bond donors (Lipinski definition) is 0.